The SMILES string of the molecule is Cc1cc(C)n(Cc2cccc(/C(N)=N/OCC(=O)NCc3ccc(C)c(F)c3)c2)n1. The van der Waals surface area contributed by atoms with E-state index >= 15 is 0 Å². The van der Waals surface area contributed by atoms with Gasteiger partial charge in [-0.15, -0.1) is 0 Å². The van der Waals surface area contributed by atoms with Crippen molar-refractivity contribution in [3.63, 3.8) is 0 Å². The molecule has 31 heavy (non-hydrogen) atoms. The Morgan fingerprint density at radius 1 is 1.16 bits per heavy atom. The molecular formula is C23H26FN5O2. The smallest absolute Gasteiger partial charge is 0.261 e. The van der Waals surface area contributed by atoms with Crippen LogP contribution in [0.1, 0.15) is 33.6 Å². The summed E-state index contributed by atoms with van der Waals surface area (Å²) in [5.74, 6) is -0.514. The van der Waals surface area contributed by atoms with Crippen LogP contribution < -0.4 is 11.1 Å². The Morgan fingerprint density at radius 2 is 1.97 bits per heavy atom. The van der Waals surface area contributed by atoms with E-state index in [4.69, 9.17) is 10.6 Å². The molecule has 3 aromatic rings. The van der Waals surface area contributed by atoms with Gasteiger partial charge in [0.15, 0.2) is 12.4 Å². The predicted octanol–water partition coefficient (Wildman–Crippen LogP) is 2.95. The fourth-order valence-electron chi connectivity index (χ4n) is 3.05. The number of amides is 1. The summed E-state index contributed by atoms with van der Waals surface area (Å²) in [6, 6.07) is 14.4. The van der Waals surface area contributed by atoms with E-state index in [0.29, 0.717) is 23.2 Å². The lowest BCUT2D eigenvalue weighted by molar-refractivity contribution is -0.125. The van der Waals surface area contributed by atoms with E-state index in [9.17, 15) is 9.18 Å². The molecule has 0 unspecified atom stereocenters. The Balaban J connectivity index is 1.52. The van der Waals surface area contributed by atoms with Gasteiger partial charge in [-0.25, -0.2) is 4.39 Å². The molecule has 0 aliphatic heterocycles. The third-order valence-corrected chi connectivity index (χ3v) is 4.74. The lowest BCUT2D eigenvalue weighted by Crippen LogP contribution is -2.27. The van der Waals surface area contributed by atoms with Crippen LogP contribution in [0.4, 0.5) is 4.39 Å². The molecule has 0 fully saturated rings. The highest BCUT2D eigenvalue weighted by Gasteiger charge is 2.07. The number of oxime groups is 1. The van der Waals surface area contributed by atoms with E-state index in [0.717, 1.165) is 17.0 Å². The van der Waals surface area contributed by atoms with Crippen LogP contribution in [0.2, 0.25) is 0 Å². The number of nitrogens with zero attached hydrogens (tertiary/aromatic N) is 3. The zero-order chi connectivity index (χ0) is 22.4. The predicted molar refractivity (Wildman–Crippen MR) is 117 cm³/mol. The maximum atomic E-state index is 13.6. The summed E-state index contributed by atoms with van der Waals surface area (Å²) in [4.78, 5) is 17.0. The monoisotopic (exact) mass is 423 g/mol. The largest absolute Gasteiger partial charge is 0.384 e. The molecule has 0 saturated heterocycles. The molecule has 0 atom stereocenters. The van der Waals surface area contributed by atoms with Gasteiger partial charge in [0.05, 0.1) is 12.2 Å². The first-order valence-electron chi connectivity index (χ1n) is 9.89. The second-order valence-electron chi connectivity index (χ2n) is 7.40. The van der Waals surface area contributed by atoms with Crippen molar-refractivity contribution in [1.82, 2.24) is 15.1 Å². The quantitative estimate of drug-likeness (QED) is 0.331. The number of carbonyl (C=O) groups excluding carboxylic acids is 1. The average Bonchev–Trinajstić information content (AvgIpc) is 3.05. The van der Waals surface area contributed by atoms with E-state index in [-0.39, 0.29) is 30.7 Å². The fraction of sp³-hybridized carbons (Fsp3) is 0.261. The second-order valence-corrected chi connectivity index (χ2v) is 7.40. The molecule has 8 heteroatoms. The van der Waals surface area contributed by atoms with Gasteiger partial charge in [-0.1, -0.05) is 35.5 Å². The molecule has 0 saturated carbocycles. The molecule has 3 N–H and O–H groups in total. The number of hydrogen-bond donors (Lipinski definition) is 2. The number of aromatic nitrogens is 2. The average molecular weight is 423 g/mol. The van der Waals surface area contributed by atoms with Crippen molar-refractivity contribution in [3.8, 4) is 0 Å². The van der Waals surface area contributed by atoms with Crippen molar-refractivity contribution >= 4 is 11.7 Å². The zero-order valence-corrected chi connectivity index (χ0v) is 17.9. The van der Waals surface area contributed by atoms with Crippen LogP contribution in [-0.4, -0.2) is 28.1 Å². The van der Waals surface area contributed by atoms with Crippen molar-refractivity contribution in [2.45, 2.75) is 33.9 Å². The lowest BCUT2D eigenvalue weighted by Gasteiger charge is -2.08. The van der Waals surface area contributed by atoms with Gasteiger partial charge in [-0.2, -0.15) is 5.10 Å². The van der Waals surface area contributed by atoms with Crippen LogP contribution in [0.3, 0.4) is 0 Å². The number of halogens is 1. The van der Waals surface area contributed by atoms with E-state index < -0.39 is 0 Å². The minimum absolute atomic E-state index is 0.170. The van der Waals surface area contributed by atoms with Gasteiger partial charge in [0, 0.05) is 17.8 Å². The number of aryl methyl sites for hydroxylation is 3. The first kappa shape index (κ1) is 22.0. The van der Waals surface area contributed by atoms with Crippen LogP contribution in [0.5, 0.6) is 0 Å². The van der Waals surface area contributed by atoms with Crippen molar-refractivity contribution in [3.05, 3.63) is 88.0 Å². The molecule has 0 aliphatic carbocycles. The number of nitrogens with one attached hydrogen (secondary N) is 1. The number of carbonyl (C=O) groups is 1. The Morgan fingerprint density at radius 3 is 2.68 bits per heavy atom. The maximum Gasteiger partial charge on any atom is 0.261 e. The molecule has 7 nitrogen and oxygen atoms in total. The summed E-state index contributed by atoms with van der Waals surface area (Å²) in [5, 5.41) is 11.0. The summed E-state index contributed by atoms with van der Waals surface area (Å²) < 4.78 is 15.5. The van der Waals surface area contributed by atoms with Gasteiger partial charge in [-0.05, 0) is 55.7 Å². The van der Waals surface area contributed by atoms with Crippen molar-refractivity contribution in [2.24, 2.45) is 10.9 Å². The third kappa shape index (κ3) is 6.15. The minimum Gasteiger partial charge on any atom is -0.384 e. The van der Waals surface area contributed by atoms with E-state index in [2.05, 4.69) is 15.6 Å². The zero-order valence-electron chi connectivity index (χ0n) is 17.9. The fourth-order valence-corrected chi connectivity index (χ4v) is 3.05. The van der Waals surface area contributed by atoms with Gasteiger partial charge in [0.2, 0.25) is 0 Å². The first-order chi connectivity index (χ1) is 14.8. The van der Waals surface area contributed by atoms with Crippen LogP contribution in [0.25, 0.3) is 0 Å². The molecule has 1 amide bonds. The Bertz CT molecular complexity index is 1110. The van der Waals surface area contributed by atoms with E-state index in [1.165, 1.54) is 6.07 Å². The molecule has 3 rings (SSSR count). The minimum atomic E-state index is -0.379. The van der Waals surface area contributed by atoms with Crippen LogP contribution >= 0.6 is 0 Å². The lowest BCUT2D eigenvalue weighted by atomic mass is 10.1. The van der Waals surface area contributed by atoms with Gasteiger partial charge in [0.25, 0.3) is 5.91 Å². The molecule has 0 bridgehead atoms. The standard InChI is InChI=1S/C23H26FN5O2/c1-15-7-8-18(11-21(15)24)12-26-22(30)14-31-28-23(25)20-6-4-5-19(10-20)13-29-17(3)9-16(2)27-29/h4-11H,12-14H2,1-3H3,(H2,25,28)(H,26,30). The summed E-state index contributed by atoms with van der Waals surface area (Å²) in [5.41, 5.74) is 11.0. The van der Waals surface area contributed by atoms with Gasteiger partial charge < -0.3 is 15.9 Å². The summed E-state index contributed by atoms with van der Waals surface area (Å²) in [7, 11) is 0. The highest BCUT2D eigenvalue weighted by molar-refractivity contribution is 5.97. The van der Waals surface area contributed by atoms with Crippen LogP contribution in [0, 0.1) is 26.6 Å². The van der Waals surface area contributed by atoms with Gasteiger partial charge in [-0.3, -0.25) is 9.48 Å². The number of rotatable bonds is 8. The number of benzene rings is 2. The summed E-state index contributed by atoms with van der Waals surface area (Å²) in [6.45, 7) is 6.17. The maximum absolute atomic E-state index is 13.6. The number of nitrogens with two attached hydrogens (primary N) is 1. The molecule has 0 spiro atoms. The highest BCUT2D eigenvalue weighted by Crippen LogP contribution is 2.11. The first-order valence-corrected chi connectivity index (χ1v) is 9.89. The molecular weight excluding hydrogens is 397 g/mol. The Kier molecular flexibility index (Phi) is 7.02. The summed E-state index contributed by atoms with van der Waals surface area (Å²) in [6.07, 6.45) is 0. The number of amidine groups is 1. The molecule has 1 aromatic heterocycles. The molecule has 0 radical (unpaired) electrons. The van der Waals surface area contributed by atoms with Crippen molar-refractivity contribution < 1.29 is 14.0 Å². The molecule has 1 heterocycles. The second kappa shape index (κ2) is 9.88. The van der Waals surface area contributed by atoms with Crippen LogP contribution in [0.15, 0.2) is 53.7 Å². The third-order valence-electron chi connectivity index (χ3n) is 4.74. The molecule has 162 valence electrons. The van der Waals surface area contributed by atoms with Crippen molar-refractivity contribution in [2.75, 3.05) is 6.61 Å². The van der Waals surface area contributed by atoms with Gasteiger partial charge in [0.1, 0.15) is 5.82 Å². The van der Waals surface area contributed by atoms with Gasteiger partial charge >= 0.3 is 0 Å². The highest BCUT2D eigenvalue weighted by atomic mass is 19.1. The molecule has 2 aromatic carbocycles. The Hall–Kier alpha value is -3.68. The summed E-state index contributed by atoms with van der Waals surface area (Å²) >= 11 is 0. The van der Waals surface area contributed by atoms with Crippen LogP contribution in [-0.2, 0) is 22.7 Å². The van der Waals surface area contributed by atoms with E-state index in [1.807, 2.05) is 48.9 Å². The Labute approximate surface area is 180 Å². The van der Waals surface area contributed by atoms with Crippen molar-refractivity contribution in [1.29, 1.82) is 0 Å². The topological polar surface area (TPSA) is 94.5 Å². The number of hydrogen-bond acceptors (Lipinski definition) is 4. The van der Waals surface area contributed by atoms with E-state index in [1.54, 1.807) is 19.1 Å². The normalized spacial score (nSPS) is 11.4. The molecule has 0 aliphatic rings.